The zero-order valence-electron chi connectivity index (χ0n) is 28.5. The van der Waals surface area contributed by atoms with Crippen molar-refractivity contribution in [1.82, 2.24) is 31.3 Å². The van der Waals surface area contributed by atoms with E-state index in [0.717, 1.165) is 58.2 Å². The molecule has 4 amide bonds. The number of amides is 4. The van der Waals surface area contributed by atoms with Crippen LogP contribution in [0.3, 0.4) is 0 Å². The number of nitrogens with two attached hydrogens (primary N) is 1. The molecule has 0 aliphatic carbocycles. The van der Waals surface area contributed by atoms with Crippen molar-refractivity contribution in [3.05, 3.63) is 103 Å². The minimum Gasteiger partial charge on any atom is -0.459 e. The van der Waals surface area contributed by atoms with Crippen molar-refractivity contribution in [3.63, 3.8) is 0 Å². The molecular formula is C34H47Cl2N7O4S2. The molecule has 0 aliphatic rings. The van der Waals surface area contributed by atoms with Crippen LogP contribution in [-0.4, -0.2) is 40.1 Å². The van der Waals surface area contributed by atoms with Crippen LogP contribution < -0.4 is 27.2 Å². The molecule has 4 rings (SSSR count). The van der Waals surface area contributed by atoms with Crippen molar-refractivity contribution in [2.45, 2.75) is 79.0 Å². The normalized spacial score (nSPS) is 10.3. The summed E-state index contributed by atoms with van der Waals surface area (Å²) in [6, 6.07) is 15.5. The number of hydrazine groups is 1. The van der Waals surface area contributed by atoms with Crippen LogP contribution in [0.25, 0.3) is 0 Å². The first-order valence-corrected chi connectivity index (χ1v) is 17.1. The first kappa shape index (κ1) is 43.3. The highest BCUT2D eigenvalue weighted by Crippen LogP contribution is 2.14. The van der Waals surface area contributed by atoms with E-state index in [2.05, 4.69) is 60.9 Å². The maximum absolute atomic E-state index is 11.8. The molecule has 2 aromatic heterocycles. The quantitative estimate of drug-likeness (QED) is 0.0504. The molecule has 0 unspecified atom stereocenters. The number of hydrogen-bond donors (Lipinski definition) is 5. The molecule has 2 heterocycles. The average molecular weight is 753 g/mol. The van der Waals surface area contributed by atoms with Gasteiger partial charge in [0.05, 0.1) is 21.4 Å². The Balaban J connectivity index is 0.000000489. The van der Waals surface area contributed by atoms with Crippen molar-refractivity contribution in [2.75, 3.05) is 6.54 Å². The van der Waals surface area contributed by atoms with E-state index in [1.165, 1.54) is 11.1 Å². The van der Waals surface area contributed by atoms with Gasteiger partial charge in [0.2, 0.25) is 0 Å². The molecule has 0 saturated carbocycles. The lowest BCUT2D eigenvalue weighted by atomic mass is 10.1. The number of urea groups is 2. The molecule has 2 aromatic carbocycles. The Kier molecular flexibility index (Phi) is 19.5. The molecule has 268 valence electrons. The molecule has 6 N–H and O–H groups in total. The number of carbonyl (C=O) groups is 3. The Hall–Kier alpha value is -3.75. The van der Waals surface area contributed by atoms with E-state index >= 15 is 0 Å². The molecule has 0 fully saturated rings. The Bertz CT molecular complexity index is 1610. The van der Waals surface area contributed by atoms with Gasteiger partial charge in [0.15, 0.2) is 0 Å². The minimum absolute atomic E-state index is 0. The van der Waals surface area contributed by atoms with Crippen LogP contribution in [0.5, 0.6) is 0 Å². The number of rotatable bonds is 12. The molecule has 0 bridgehead atoms. The maximum Gasteiger partial charge on any atom is 0.329 e. The second-order valence-electron chi connectivity index (χ2n) is 11.8. The fourth-order valence-electron chi connectivity index (χ4n) is 4.39. The number of carbonyl (C=O) groups excluding carboxylic acids is 3. The van der Waals surface area contributed by atoms with E-state index in [0.29, 0.717) is 13.1 Å². The highest BCUT2D eigenvalue weighted by atomic mass is 35.5. The third-order valence-corrected chi connectivity index (χ3v) is 8.15. The van der Waals surface area contributed by atoms with Crippen LogP contribution in [0.4, 0.5) is 9.59 Å². The standard InChI is InChI=1S/C20H27N3O3S.C14H18N4OS.2ClH/c1-14-23-17(13-27-14)9-8-15-6-5-7-16(10-15)11-21-19(25)22-12-18(24)26-20(2,3)4;1-10-17-13(9-20-10)6-5-11-3-2-4-12(7-11)8-16-14(19)18-15;;/h5-7,10,13H,8-9,11-12H2,1-4H3,(H2,21,22,25);2-4,7,9H,5-6,8,15H2,1H3,(H2,16,18,19);2*1H. The van der Waals surface area contributed by atoms with Crippen molar-refractivity contribution < 1.29 is 19.1 Å². The molecule has 49 heavy (non-hydrogen) atoms. The first-order chi connectivity index (χ1) is 22.4. The fraction of sp³-hybridized carbons (Fsp3) is 0.382. The van der Waals surface area contributed by atoms with Gasteiger partial charge in [-0.25, -0.2) is 25.4 Å². The van der Waals surface area contributed by atoms with E-state index in [9.17, 15) is 14.4 Å². The number of aryl methyl sites for hydroxylation is 6. The van der Waals surface area contributed by atoms with Gasteiger partial charge in [-0.3, -0.25) is 10.2 Å². The Morgan fingerprint density at radius 3 is 1.57 bits per heavy atom. The van der Waals surface area contributed by atoms with Crippen LogP contribution in [-0.2, 0) is 48.3 Å². The smallest absolute Gasteiger partial charge is 0.329 e. The van der Waals surface area contributed by atoms with E-state index in [-0.39, 0.29) is 37.4 Å². The Morgan fingerprint density at radius 2 is 1.16 bits per heavy atom. The van der Waals surface area contributed by atoms with Crippen LogP contribution in [0.1, 0.15) is 64.4 Å². The SMILES string of the molecule is Cc1nc(CCc2cccc(CNC(=O)NCC(=O)OC(C)(C)C)c2)cs1.Cc1nc(CCc2cccc(CNC(=O)NN)c2)cs1.Cl.Cl. The van der Waals surface area contributed by atoms with Gasteiger partial charge in [-0.1, -0.05) is 48.5 Å². The number of benzene rings is 2. The number of nitrogens with one attached hydrogen (secondary N) is 4. The number of thiazole rings is 2. The number of aromatic nitrogens is 2. The third kappa shape index (κ3) is 18.0. The summed E-state index contributed by atoms with van der Waals surface area (Å²) in [6.07, 6.45) is 3.68. The predicted molar refractivity (Wildman–Crippen MR) is 202 cm³/mol. The summed E-state index contributed by atoms with van der Waals surface area (Å²) < 4.78 is 5.15. The van der Waals surface area contributed by atoms with Crippen LogP contribution >= 0.6 is 47.5 Å². The summed E-state index contributed by atoms with van der Waals surface area (Å²) in [5.41, 5.74) is 8.24. The third-order valence-electron chi connectivity index (χ3n) is 6.51. The monoisotopic (exact) mass is 751 g/mol. The topological polar surface area (TPSA) is 160 Å². The lowest BCUT2D eigenvalue weighted by Crippen LogP contribution is -2.40. The Labute approximate surface area is 309 Å². The fourth-order valence-corrected chi connectivity index (χ4v) is 5.68. The summed E-state index contributed by atoms with van der Waals surface area (Å²) in [6.45, 7) is 10.1. The second-order valence-corrected chi connectivity index (χ2v) is 13.9. The highest BCUT2D eigenvalue weighted by molar-refractivity contribution is 7.09. The summed E-state index contributed by atoms with van der Waals surface area (Å²) in [4.78, 5) is 43.4. The highest BCUT2D eigenvalue weighted by Gasteiger charge is 2.16. The van der Waals surface area contributed by atoms with Crippen molar-refractivity contribution in [1.29, 1.82) is 0 Å². The molecule has 11 nitrogen and oxygen atoms in total. The second kappa shape index (κ2) is 22.1. The van der Waals surface area contributed by atoms with Crippen LogP contribution in [0.2, 0.25) is 0 Å². The number of halogens is 2. The summed E-state index contributed by atoms with van der Waals surface area (Å²) in [5, 5.41) is 14.3. The number of hydrogen-bond acceptors (Lipinski definition) is 9. The van der Waals surface area contributed by atoms with Crippen molar-refractivity contribution in [3.8, 4) is 0 Å². The lowest BCUT2D eigenvalue weighted by molar-refractivity contribution is -0.153. The van der Waals surface area contributed by atoms with Gasteiger partial charge in [0, 0.05) is 23.8 Å². The largest absolute Gasteiger partial charge is 0.459 e. The van der Waals surface area contributed by atoms with E-state index in [1.54, 1.807) is 43.4 Å². The number of ether oxygens (including phenoxy) is 1. The lowest BCUT2D eigenvalue weighted by Gasteiger charge is -2.19. The van der Waals surface area contributed by atoms with Gasteiger partial charge in [-0.2, -0.15) is 0 Å². The van der Waals surface area contributed by atoms with Gasteiger partial charge in [-0.15, -0.1) is 47.5 Å². The number of esters is 1. The van der Waals surface area contributed by atoms with Gasteiger partial charge in [0.1, 0.15) is 12.1 Å². The molecule has 15 heteroatoms. The Morgan fingerprint density at radius 1 is 0.714 bits per heavy atom. The maximum atomic E-state index is 11.8. The molecule has 0 atom stereocenters. The van der Waals surface area contributed by atoms with E-state index in [4.69, 9.17) is 10.6 Å². The molecular weight excluding hydrogens is 705 g/mol. The average Bonchev–Trinajstić information content (AvgIpc) is 3.66. The zero-order valence-corrected chi connectivity index (χ0v) is 31.7. The minimum atomic E-state index is -0.563. The van der Waals surface area contributed by atoms with E-state index < -0.39 is 17.6 Å². The van der Waals surface area contributed by atoms with Gasteiger partial charge in [-0.05, 0) is 82.6 Å². The van der Waals surface area contributed by atoms with Gasteiger partial charge in [0.25, 0.3) is 0 Å². The van der Waals surface area contributed by atoms with Gasteiger partial charge < -0.3 is 20.7 Å². The molecule has 0 saturated heterocycles. The van der Waals surface area contributed by atoms with Crippen LogP contribution in [0, 0.1) is 13.8 Å². The predicted octanol–water partition coefficient (Wildman–Crippen LogP) is 6.13. The first-order valence-electron chi connectivity index (χ1n) is 15.3. The van der Waals surface area contributed by atoms with Crippen LogP contribution in [0.15, 0.2) is 59.3 Å². The zero-order chi connectivity index (χ0) is 34.2. The van der Waals surface area contributed by atoms with Crippen molar-refractivity contribution in [2.24, 2.45) is 5.84 Å². The van der Waals surface area contributed by atoms with E-state index in [1.807, 2.05) is 43.5 Å². The van der Waals surface area contributed by atoms with Crippen molar-refractivity contribution >= 4 is 65.5 Å². The molecule has 4 aromatic rings. The summed E-state index contributed by atoms with van der Waals surface area (Å²) in [5.74, 6) is 4.55. The molecule has 0 radical (unpaired) electrons. The molecule has 0 aliphatic heterocycles. The summed E-state index contributed by atoms with van der Waals surface area (Å²) in [7, 11) is 0. The molecule has 0 spiro atoms. The summed E-state index contributed by atoms with van der Waals surface area (Å²) >= 11 is 3.34. The number of nitrogens with zero attached hydrogens (tertiary/aromatic N) is 2. The van der Waals surface area contributed by atoms with Gasteiger partial charge >= 0.3 is 18.0 Å².